The molecule has 19 heavy (non-hydrogen) atoms. The fourth-order valence-corrected chi connectivity index (χ4v) is 4.48. The van der Waals surface area contributed by atoms with E-state index in [0.717, 1.165) is 19.3 Å². The quantitative estimate of drug-likeness (QED) is 0.664. The molecular weight excluding hydrogens is 320 g/mol. The van der Waals surface area contributed by atoms with Gasteiger partial charge in [-0.15, -0.1) is 11.3 Å². The van der Waals surface area contributed by atoms with Gasteiger partial charge >= 0.3 is 0 Å². The fraction of sp³-hybridized carbons (Fsp3) is 0.333. The van der Waals surface area contributed by atoms with Crippen LogP contribution in [0.2, 0.25) is 0 Å². The van der Waals surface area contributed by atoms with E-state index in [2.05, 4.69) is 57.1 Å². The Bertz CT molecular complexity index is 542. The third-order valence-corrected chi connectivity index (χ3v) is 5.91. The van der Waals surface area contributed by atoms with E-state index in [1.54, 1.807) is 11.3 Å². The number of nitrogens with one attached hydrogen (secondary N) is 1. The average molecular weight is 337 g/mol. The molecule has 1 aromatic carbocycles. The van der Waals surface area contributed by atoms with E-state index in [1.807, 2.05) is 0 Å². The van der Waals surface area contributed by atoms with Crippen molar-refractivity contribution in [3.05, 3.63) is 56.2 Å². The number of hydrogen-bond acceptors (Lipinski definition) is 3. The molecule has 4 heteroatoms. The fourth-order valence-electron chi connectivity index (χ4n) is 2.91. The van der Waals surface area contributed by atoms with Crippen LogP contribution in [-0.2, 0) is 19.3 Å². The lowest BCUT2D eigenvalue weighted by molar-refractivity contribution is 0.368. The van der Waals surface area contributed by atoms with Crippen molar-refractivity contribution in [2.24, 2.45) is 11.8 Å². The Morgan fingerprint density at radius 2 is 1.95 bits per heavy atom. The largest absolute Gasteiger partial charge is 0.271 e. The van der Waals surface area contributed by atoms with Crippen molar-refractivity contribution in [1.82, 2.24) is 5.43 Å². The van der Waals surface area contributed by atoms with Crippen LogP contribution >= 0.6 is 27.3 Å². The van der Waals surface area contributed by atoms with Crippen LogP contribution in [0.4, 0.5) is 0 Å². The minimum absolute atomic E-state index is 0.336. The highest BCUT2D eigenvalue weighted by atomic mass is 79.9. The Hall–Kier alpha value is -0.680. The number of nitrogens with two attached hydrogens (primary N) is 1. The second-order valence-electron chi connectivity index (χ2n) is 5.11. The smallest absolute Gasteiger partial charge is 0.0314 e. The maximum atomic E-state index is 5.79. The Labute approximate surface area is 126 Å². The van der Waals surface area contributed by atoms with Crippen LogP contribution in [0, 0.1) is 5.92 Å². The van der Waals surface area contributed by atoms with E-state index in [0.29, 0.717) is 12.0 Å². The van der Waals surface area contributed by atoms with E-state index >= 15 is 0 Å². The summed E-state index contributed by atoms with van der Waals surface area (Å²) in [6.45, 7) is 0. The highest BCUT2D eigenvalue weighted by Gasteiger charge is 2.28. The highest BCUT2D eigenvalue weighted by molar-refractivity contribution is 9.10. The average Bonchev–Trinajstić information content (AvgIpc) is 3.02. The van der Waals surface area contributed by atoms with Gasteiger partial charge in [-0.3, -0.25) is 11.3 Å². The lowest BCUT2D eigenvalue weighted by atomic mass is 9.94. The molecule has 0 bridgehead atoms. The summed E-state index contributed by atoms with van der Waals surface area (Å²) in [5, 5.41) is 2.12. The maximum absolute atomic E-state index is 5.79. The van der Waals surface area contributed by atoms with Gasteiger partial charge in [-0.2, -0.15) is 0 Å². The second-order valence-corrected chi connectivity index (χ2v) is 6.96. The van der Waals surface area contributed by atoms with Crippen LogP contribution in [0.3, 0.4) is 0 Å². The number of benzene rings is 1. The summed E-state index contributed by atoms with van der Waals surface area (Å²) >= 11 is 5.40. The predicted molar refractivity (Wildman–Crippen MR) is 84.2 cm³/mol. The maximum Gasteiger partial charge on any atom is 0.0314 e. The van der Waals surface area contributed by atoms with Crippen LogP contribution < -0.4 is 11.3 Å². The van der Waals surface area contributed by atoms with E-state index in [-0.39, 0.29) is 0 Å². The molecule has 0 saturated heterocycles. The molecule has 1 aliphatic carbocycles. The van der Waals surface area contributed by atoms with Crippen molar-refractivity contribution in [2.75, 3.05) is 0 Å². The molecular formula is C15H17BrN2S. The zero-order chi connectivity index (χ0) is 13.2. The van der Waals surface area contributed by atoms with Gasteiger partial charge in [0.05, 0.1) is 0 Å². The number of hydrogen-bond donors (Lipinski definition) is 2. The van der Waals surface area contributed by atoms with E-state index in [1.165, 1.54) is 20.5 Å². The predicted octanol–water partition coefficient (Wildman–Crippen LogP) is 3.30. The lowest BCUT2D eigenvalue weighted by Crippen LogP contribution is -2.42. The molecule has 1 atom stereocenters. The summed E-state index contributed by atoms with van der Waals surface area (Å²) in [7, 11) is 0. The van der Waals surface area contributed by atoms with E-state index < -0.39 is 0 Å². The molecule has 0 radical (unpaired) electrons. The number of rotatable bonds is 4. The lowest BCUT2D eigenvalue weighted by Gasteiger charge is -2.22. The molecule has 0 fully saturated rings. The minimum Gasteiger partial charge on any atom is -0.271 e. The number of hydrazine groups is 1. The van der Waals surface area contributed by atoms with Gasteiger partial charge in [0, 0.05) is 15.4 Å². The molecule has 1 aliphatic rings. The monoisotopic (exact) mass is 336 g/mol. The molecule has 3 rings (SSSR count). The zero-order valence-corrected chi connectivity index (χ0v) is 13.0. The Balaban J connectivity index is 1.73. The van der Waals surface area contributed by atoms with Crippen LogP contribution in [0.5, 0.6) is 0 Å². The first-order valence-corrected chi connectivity index (χ1v) is 8.20. The number of halogens is 1. The van der Waals surface area contributed by atoms with Gasteiger partial charge in [0.1, 0.15) is 0 Å². The first kappa shape index (κ1) is 13.3. The Morgan fingerprint density at radius 3 is 2.47 bits per heavy atom. The summed E-state index contributed by atoms with van der Waals surface area (Å²) < 4.78 is 1.20. The second kappa shape index (κ2) is 5.75. The molecule has 0 aliphatic heterocycles. The van der Waals surface area contributed by atoms with Crippen LogP contribution in [-0.4, -0.2) is 6.04 Å². The van der Waals surface area contributed by atoms with Crippen molar-refractivity contribution >= 4 is 27.3 Å². The first-order valence-electron chi connectivity index (χ1n) is 6.52. The molecule has 0 amide bonds. The summed E-state index contributed by atoms with van der Waals surface area (Å²) in [6, 6.07) is 11.2. The third-order valence-electron chi connectivity index (χ3n) is 3.96. The summed E-state index contributed by atoms with van der Waals surface area (Å²) in [6.07, 6.45) is 3.26. The molecule has 1 aromatic heterocycles. The molecule has 100 valence electrons. The van der Waals surface area contributed by atoms with Gasteiger partial charge in [0.15, 0.2) is 0 Å². The van der Waals surface area contributed by atoms with Gasteiger partial charge in [-0.25, -0.2) is 0 Å². The zero-order valence-electron chi connectivity index (χ0n) is 10.6. The summed E-state index contributed by atoms with van der Waals surface area (Å²) in [5.74, 6) is 6.39. The highest BCUT2D eigenvalue weighted by Crippen LogP contribution is 2.32. The van der Waals surface area contributed by atoms with Gasteiger partial charge in [-0.1, -0.05) is 24.3 Å². The van der Waals surface area contributed by atoms with Crippen molar-refractivity contribution in [3.63, 3.8) is 0 Å². The Kier molecular flexibility index (Phi) is 4.03. The minimum atomic E-state index is 0.336. The number of thiophene rings is 1. The number of fused-ring (bicyclic) bond motifs is 1. The van der Waals surface area contributed by atoms with Crippen LogP contribution in [0.1, 0.15) is 16.0 Å². The first-order chi connectivity index (χ1) is 9.28. The van der Waals surface area contributed by atoms with E-state index in [9.17, 15) is 0 Å². The summed E-state index contributed by atoms with van der Waals surface area (Å²) in [4.78, 5) is 1.37. The molecule has 2 nitrogen and oxygen atoms in total. The Morgan fingerprint density at radius 1 is 1.26 bits per heavy atom. The normalized spacial score (nSPS) is 16.5. The third kappa shape index (κ3) is 2.77. The molecule has 1 heterocycles. The van der Waals surface area contributed by atoms with Gasteiger partial charge in [0.25, 0.3) is 0 Å². The van der Waals surface area contributed by atoms with E-state index in [4.69, 9.17) is 5.84 Å². The topological polar surface area (TPSA) is 38.0 Å². The van der Waals surface area contributed by atoms with Crippen molar-refractivity contribution in [3.8, 4) is 0 Å². The van der Waals surface area contributed by atoms with Gasteiger partial charge in [-0.05, 0) is 63.7 Å². The van der Waals surface area contributed by atoms with Crippen LogP contribution in [0.25, 0.3) is 0 Å². The summed E-state index contributed by atoms with van der Waals surface area (Å²) in [5.41, 5.74) is 6.00. The van der Waals surface area contributed by atoms with Crippen molar-refractivity contribution < 1.29 is 0 Å². The van der Waals surface area contributed by atoms with Gasteiger partial charge in [0.2, 0.25) is 0 Å². The molecule has 2 aromatic rings. The van der Waals surface area contributed by atoms with Crippen LogP contribution in [0.15, 0.2) is 40.2 Å². The molecule has 3 N–H and O–H groups in total. The SMILES string of the molecule is NNC(Cc1sccc1Br)C1Cc2ccccc2C1. The standard InChI is InChI=1S/C15H17BrN2S/c16-13-5-6-19-15(13)9-14(18-17)12-7-10-3-1-2-4-11(10)8-12/h1-6,12,14,18H,7-9,17H2. The molecule has 1 unspecified atom stereocenters. The molecule has 0 saturated carbocycles. The molecule has 0 spiro atoms. The van der Waals surface area contributed by atoms with Gasteiger partial charge < -0.3 is 0 Å². The van der Waals surface area contributed by atoms with Crippen molar-refractivity contribution in [2.45, 2.75) is 25.3 Å². The van der Waals surface area contributed by atoms with Crippen molar-refractivity contribution in [1.29, 1.82) is 0 Å².